The molecule has 0 aliphatic rings. The molecule has 0 amide bonds. The van der Waals surface area contributed by atoms with E-state index >= 15 is 0 Å². The van der Waals surface area contributed by atoms with Crippen molar-refractivity contribution in [3.8, 4) is 34.0 Å². The maximum Gasteiger partial charge on any atom is 0.356 e. The highest BCUT2D eigenvalue weighted by Crippen LogP contribution is 2.29. The van der Waals surface area contributed by atoms with E-state index in [2.05, 4.69) is 10.1 Å². The van der Waals surface area contributed by atoms with Gasteiger partial charge in [0.25, 0.3) is 0 Å². The van der Waals surface area contributed by atoms with E-state index in [0.29, 0.717) is 28.3 Å². The topological polar surface area (TPSA) is 76.7 Å². The van der Waals surface area contributed by atoms with Gasteiger partial charge in [-0.15, -0.1) is 0 Å². The van der Waals surface area contributed by atoms with Crippen LogP contribution in [0.5, 0.6) is 11.5 Å². The quantitative estimate of drug-likeness (QED) is 0.391. The number of fused-ring (bicyclic) bond motifs is 1. The number of benzene rings is 3. The second-order valence-corrected chi connectivity index (χ2v) is 7.08. The average molecular weight is 425 g/mol. The van der Waals surface area contributed by atoms with Crippen molar-refractivity contribution >= 4 is 11.6 Å². The van der Waals surface area contributed by atoms with Crippen molar-refractivity contribution in [2.45, 2.75) is 0 Å². The molecule has 0 fully saturated rings. The van der Waals surface area contributed by atoms with Gasteiger partial charge in [0, 0.05) is 17.2 Å². The largest absolute Gasteiger partial charge is 0.476 e. The van der Waals surface area contributed by atoms with Gasteiger partial charge in [-0.05, 0) is 66.7 Å². The number of rotatable bonds is 5. The molecule has 7 heteroatoms. The lowest BCUT2D eigenvalue weighted by atomic mass is 10.1. The normalized spacial score (nSPS) is 10.9. The minimum Gasteiger partial charge on any atom is -0.476 e. The van der Waals surface area contributed by atoms with Gasteiger partial charge in [-0.1, -0.05) is 18.2 Å². The number of carboxylic acid groups (broad SMARTS) is 1. The standard InChI is InChI=1S/C25H16FN3O3/c26-18-10-6-16(7-11-18)21-14-23(29-24(27-21)15-22(28-29)25(30)31)17-8-12-20(13-9-17)32-19-4-2-1-3-5-19/h1-15H,(H,30,31). The number of halogens is 1. The molecule has 156 valence electrons. The van der Waals surface area contributed by atoms with Crippen LogP contribution in [0, 0.1) is 5.82 Å². The maximum atomic E-state index is 13.4. The number of hydrogen-bond donors (Lipinski definition) is 1. The predicted molar refractivity (Wildman–Crippen MR) is 117 cm³/mol. The monoisotopic (exact) mass is 425 g/mol. The van der Waals surface area contributed by atoms with Crippen LogP contribution in [0.2, 0.25) is 0 Å². The number of ether oxygens (including phenoxy) is 1. The Labute approximate surface area is 182 Å². The third-order valence-corrected chi connectivity index (χ3v) is 4.92. The zero-order chi connectivity index (χ0) is 22.1. The number of carboxylic acids is 1. The summed E-state index contributed by atoms with van der Waals surface area (Å²) in [5.74, 6) is -0.100. The van der Waals surface area contributed by atoms with Gasteiger partial charge in [-0.3, -0.25) is 0 Å². The van der Waals surface area contributed by atoms with Gasteiger partial charge in [0.15, 0.2) is 11.3 Å². The van der Waals surface area contributed by atoms with Crippen LogP contribution in [0.1, 0.15) is 10.5 Å². The molecule has 6 nitrogen and oxygen atoms in total. The van der Waals surface area contributed by atoms with E-state index in [1.807, 2.05) is 54.6 Å². The molecule has 2 aromatic heterocycles. The molecule has 5 rings (SSSR count). The predicted octanol–water partition coefficient (Wildman–Crippen LogP) is 5.69. The molecular weight excluding hydrogens is 409 g/mol. The third-order valence-electron chi connectivity index (χ3n) is 4.92. The molecule has 0 bridgehead atoms. The number of nitrogens with zero attached hydrogens (tertiary/aromatic N) is 3. The summed E-state index contributed by atoms with van der Waals surface area (Å²) in [7, 11) is 0. The third kappa shape index (κ3) is 3.79. The first-order valence-electron chi connectivity index (χ1n) is 9.80. The fourth-order valence-corrected chi connectivity index (χ4v) is 3.37. The molecular formula is C25H16FN3O3. The number of hydrogen-bond acceptors (Lipinski definition) is 4. The van der Waals surface area contributed by atoms with E-state index in [4.69, 9.17) is 4.74 Å². The maximum absolute atomic E-state index is 13.4. The van der Waals surface area contributed by atoms with E-state index < -0.39 is 5.97 Å². The average Bonchev–Trinajstić information content (AvgIpc) is 3.25. The summed E-state index contributed by atoms with van der Waals surface area (Å²) in [5, 5.41) is 13.6. The minimum atomic E-state index is -1.14. The summed E-state index contributed by atoms with van der Waals surface area (Å²) >= 11 is 0. The second kappa shape index (κ2) is 7.96. The smallest absolute Gasteiger partial charge is 0.356 e. The lowest BCUT2D eigenvalue weighted by Gasteiger charge is -2.10. The first kappa shape index (κ1) is 19.4. The molecule has 0 radical (unpaired) electrons. The van der Waals surface area contributed by atoms with Crippen LogP contribution in [0.25, 0.3) is 28.2 Å². The number of para-hydroxylation sites is 1. The molecule has 32 heavy (non-hydrogen) atoms. The zero-order valence-corrected chi connectivity index (χ0v) is 16.6. The van der Waals surface area contributed by atoms with Crippen molar-refractivity contribution in [2.75, 3.05) is 0 Å². The van der Waals surface area contributed by atoms with E-state index in [9.17, 15) is 14.3 Å². The molecule has 0 atom stereocenters. The first-order chi connectivity index (χ1) is 15.6. The van der Waals surface area contributed by atoms with Crippen LogP contribution in [0.3, 0.4) is 0 Å². The van der Waals surface area contributed by atoms with E-state index in [1.54, 1.807) is 18.2 Å². The van der Waals surface area contributed by atoms with Crippen molar-refractivity contribution in [1.29, 1.82) is 0 Å². The Bertz CT molecular complexity index is 1410. The molecule has 0 aliphatic heterocycles. The summed E-state index contributed by atoms with van der Waals surface area (Å²) in [6, 6.07) is 26.0. The number of carbonyl (C=O) groups is 1. The Morgan fingerprint density at radius 2 is 1.50 bits per heavy atom. The highest BCUT2D eigenvalue weighted by molar-refractivity contribution is 5.87. The lowest BCUT2D eigenvalue weighted by Crippen LogP contribution is -2.01. The van der Waals surface area contributed by atoms with Gasteiger partial charge in [0.1, 0.15) is 17.3 Å². The first-order valence-corrected chi connectivity index (χ1v) is 9.80. The van der Waals surface area contributed by atoms with Gasteiger partial charge < -0.3 is 9.84 Å². The minimum absolute atomic E-state index is 0.112. The Kier molecular flexibility index (Phi) is 4.84. The summed E-state index contributed by atoms with van der Waals surface area (Å²) in [5.41, 5.74) is 2.99. The van der Waals surface area contributed by atoms with Crippen LogP contribution < -0.4 is 4.74 Å². The molecule has 0 aliphatic carbocycles. The van der Waals surface area contributed by atoms with E-state index in [-0.39, 0.29) is 11.5 Å². The van der Waals surface area contributed by atoms with Gasteiger partial charge >= 0.3 is 5.97 Å². The fourth-order valence-electron chi connectivity index (χ4n) is 3.37. The Morgan fingerprint density at radius 1 is 0.844 bits per heavy atom. The van der Waals surface area contributed by atoms with Crippen LogP contribution in [0.4, 0.5) is 4.39 Å². The summed E-state index contributed by atoms with van der Waals surface area (Å²) in [6.45, 7) is 0. The van der Waals surface area contributed by atoms with Gasteiger partial charge in [0.2, 0.25) is 0 Å². The van der Waals surface area contributed by atoms with Crippen molar-refractivity contribution in [1.82, 2.24) is 14.6 Å². The van der Waals surface area contributed by atoms with E-state index in [0.717, 1.165) is 11.3 Å². The van der Waals surface area contributed by atoms with E-state index in [1.165, 1.54) is 22.7 Å². The summed E-state index contributed by atoms with van der Waals surface area (Å²) < 4.78 is 20.7. The lowest BCUT2D eigenvalue weighted by molar-refractivity contribution is 0.0690. The molecule has 0 unspecified atom stereocenters. The highest BCUT2D eigenvalue weighted by Gasteiger charge is 2.16. The van der Waals surface area contributed by atoms with Crippen molar-refractivity contribution in [3.63, 3.8) is 0 Å². The molecule has 5 aromatic rings. The molecule has 1 N–H and O–H groups in total. The van der Waals surface area contributed by atoms with Gasteiger partial charge in [-0.25, -0.2) is 18.7 Å². The molecule has 0 saturated carbocycles. The van der Waals surface area contributed by atoms with Crippen molar-refractivity contribution in [2.24, 2.45) is 0 Å². The van der Waals surface area contributed by atoms with Crippen LogP contribution in [-0.4, -0.2) is 25.7 Å². The van der Waals surface area contributed by atoms with Crippen LogP contribution in [-0.2, 0) is 0 Å². The Balaban J connectivity index is 1.59. The molecule has 0 spiro atoms. The second-order valence-electron chi connectivity index (χ2n) is 7.08. The molecule has 2 heterocycles. The SMILES string of the molecule is O=C(O)c1cc2nc(-c3ccc(F)cc3)cc(-c3ccc(Oc4ccccc4)cc3)n2n1. The van der Waals surface area contributed by atoms with Gasteiger partial charge in [-0.2, -0.15) is 5.10 Å². The molecule has 3 aromatic carbocycles. The van der Waals surface area contributed by atoms with Crippen molar-refractivity contribution < 1.29 is 19.0 Å². The highest BCUT2D eigenvalue weighted by atomic mass is 19.1. The summed E-state index contributed by atoms with van der Waals surface area (Å²) in [4.78, 5) is 16.0. The van der Waals surface area contributed by atoms with Crippen LogP contribution >= 0.6 is 0 Å². The Hall–Kier alpha value is -4.52. The number of aromatic carboxylic acids is 1. The summed E-state index contributed by atoms with van der Waals surface area (Å²) in [6.07, 6.45) is 0. The molecule has 0 saturated heterocycles. The van der Waals surface area contributed by atoms with Gasteiger partial charge in [0.05, 0.1) is 11.4 Å². The van der Waals surface area contributed by atoms with Crippen LogP contribution in [0.15, 0.2) is 91.0 Å². The number of aromatic nitrogens is 3. The Morgan fingerprint density at radius 3 is 2.19 bits per heavy atom. The fraction of sp³-hybridized carbons (Fsp3) is 0. The van der Waals surface area contributed by atoms with Crippen molar-refractivity contribution in [3.05, 3.63) is 103 Å². The zero-order valence-electron chi connectivity index (χ0n) is 16.6.